The number of hydrogen-bond acceptors (Lipinski definition) is 4. The first-order valence-corrected chi connectivity index (χ1v) is 8.02. The van der Waals surface area contributed by atoms with Crippen LogP contribution in [0.3, 0.4) is 0 Å². The maximum atomic E-state index is 13.0. The summed E-state index contributed by atoms with van der Waals surface area (Å²) in [4.78, 5) is 24.2. The number of nitrogens with zero attached hydrogens (tertiary/aromatic N) is 2. The molecule has 0 bridgehead atoms. The van der Waals surface area contributed by atoms with Gasteiger partial charge >= 0.3 is 0 Å². The van der Waals surface area contributed by atoms with Gasteiger partial charge < -0.3 is 16.4 Å². The molecule has 7 nitrogen and oxygen atoms in total. The number of carbonyl (C=O) groups excluding carboxylic acids is 2. The lowest BCUT2D eigenvalue weighted by molar-refractivity contribution is -0.126. The predicted octanol–water partition coefficient (Wildman–Crippen LogP) is 1.35. The van der Waals surface area contributed by atoms with Crippen LogP contribution >= 0.6 is 11.6 Å². The first kappa shape index (κ1) is 16.5. The molecule has 0 unspecified atom stereocenters. The molecule has 0 spiro atoms. The molecular formula is C16H18ClN5O2. The van der Waals surface area contributed by atoms with Crippen molar-refractivity contribution in [1.82, 2.24) is 15.1 Å². The quantitative estimate of drug-likeness (QED) is 0.777. The van der Waals surface area contributed by atoms with Crippen LogP contribution in [0.4, 0.5) is 5.69 Å². The molecule has 1 saturated heterocycles. The minimum Gasteiger partial charge on any atom is -0.366 e. The Morgan fingerprint density at radius 3 is 2.67 bits per heavy atom. The van der Waals surface area contributed by atoms with E-state index in [-0.39, 0.29) is 16.5 Å². The number of anilines is 1. The van der Waals surface area contributed by atoms with Crippen LogP contribution in [0.2, 0.25) is 5.02 Å². The zero-order chi connectivity index (χ0) is 17.2. The van der Waals surface area contributed by atoms with E-state index in [1.807, 2.05) is 0 Å². The van der Waals surface area contributed by atoms with E-state index in [0.29, 0.717) is 18.5 Å². The third-order valence-electron chi connectivity index (χ3n) is 4.29. The Balaban J connectivity index is 1.87. The highest BCUT2D eigenvalue weighted by Gasteiger charge is 2.42. The first-order chi connectivity index (χ1) is 11.5. The second-order valence-electron chi connectivity index (χ2n) is 5.75. The molecule has 2 amide bonds. The summed E-state index contributed by atoms with van der Waals surface area (Å²) in [6.07, 6.45) is 4.73. The van der Waals surface area contributed by atoms with Crippen LogP contribution in [0.5, 0.6) is 0 Å². The van der Waals surface area contributed by atoms with Crippen LogP contribution in [0.25, 0.3) is 0 Å². The van der Waals surface area contributed by atoms with Crippen molar-refractivity contribution in [3.05, 3.63) is 47.2 Å². The van der Waals surface area contributed by atoms with Crippen molar-refractivity contribution in [2.45, 2.75) is 18.4 Å². The molecule has 24 heavy (non-hydrogen) atoms. The van der Waals surface area contributed by atoms with Crippen molar-refractivity contribution in [2.75, 3.05) is 18.4 Å². The molecule has 0 atom stereocenters. The monoisotopic (exact) mass is 347 g/mol. The van der Waals surface area contributed by atoms with Gasteiger partial charge in [0, 0.05) is 18.1 Å². The van der Waals surface area contributed by atoms with Gasteiger partial charge in [-0.05, 0) is 50.2 Å². The van der Waals surface area contributed by atoms with Crippen molar-refractivity contribution >= 4 is 29.1 Å². The molecule has 8 heteroatoms. The third kappa shape index (κ3) is 3.00. The van der Waals surface area contributed by atoms with Gasteiger partial charge in [0.1, 0.15) is 5.54 Å². The number of hydrogen-bond donors (Lipinski definition) is 3. The zero-order valence-electron chi connectivity index (χ0n) is 13.0. The van der Waals surface area contributed by atoms with Crippen LogP contribution < -0.4 is 16.4 Å². The van der Waals surface area contributed by atoms with E-state index < -0.39 is 11.4 Å². The van der Waals surface area contributed by atoms with Crippen molar-refractivity contribution in [2.24, 2.45) is 5.73 Å². The molecule has 3 rings (SSSR count). The minimum atomic E-state index is -0.746. The van der Waals surface area contributed by atoms with Gasteiger partial charge in [-0.15, -0.1) is 0 Å². The number of amides is 2. The third-order valence-corrected chi connectivity index (χ3v) is 4.60. The molecule has 4 N–H and O–H groups in total. The average molecular weight is 348 g/mol. The van der Waals surface area contributed by atoms with Crippen LogP contribution in [0.15, 0.2) is 36.7 Å². The van der Waals surface area contributed by atoms with Crippen LogP contribution in [-0.4, -0.2) is 34.7 Å². The van der Waals surface area contributed by atoms with Crippen molar-refractivity contribution in [1.29, 1.82) is 0 Å². The molecule has 2 aromatic rings. The maximum Gasteiger partial charge on any atom is 0.252 e. The second kappa shape index (κ2) is 6.62. The highest BCUT2D eigenvalue weighted by atomic mass is 35.5. The Hall–Kier alpha value is -2.38. The summed E-state index contributed by atoms with van der Waals surface area (Å²) in [5.41, 5.74) is 5.23. The number of benzene rings is 1. The van der Waals surface area contributed by atoms with Crippen LogP contribution in [0, 0.1) is 0 Å². The maximum absolute atomic E-state index is 13.0. The highest BCUT2D eigenvalue weighted by molar-refractivity contribution is 6.34. The molecule has 1 aromatic carbocycles. The molecule has 0 radical (unpaired) electrons. The number of rotatable bonds is 4. The average Bonchev–Trinajstić information content (AvgIpc) is 3.10. The minimum absolute atomic E-state index is 0.157. The summed E-state index contributed by atoms with van der Waals surface area (Å²) < 4.78 is 1.71. The SMILES string of the molecule is NC(=O)c1ccc(NC(=O)C2(n3cccn3)CCNCC2)cc1Cl. The molecule has 0 aliphatic carbocycles. The van der Waals surface area contributed by atoms with E-state index in [2.05, 4.69) is 15.7 Å². The Labute approximate surface area is 144 Å². The van der Waals surface area contributed by atoms with Gasteiger partial charge in [0.25, 0.3) is 5.91 Å². The van der Waals surface area contributed by atoms with E-state index in [1.165, 1.54) is 12.1 Å². The smallest absolute Gasteiger partial charge is 0.252 e. The molecule has 1 aliphatic heterocycles. The number of nitrogens with one attached hydrogen (secondary N) is 2. The largest absolute Gasteiger partial charge is 0.366 e. The van der Waals surface area contributed by atoms with E-state index >= 15 is 0 Å². The first-order valence-electron chi connectivity index (χ1n) is 7.64. The molecule has 126 valence electrons. The molecular weight excluding hydrogens is 330 g/mol. The summed E-state index contributed by atoms with van der Waals surface area (Å²) in [7, 11) is 0. The number of carbonyl (C=O) groups is 2. The van der Waals surface area contributed by atoms with Gasteiger partial charge in [-0.25, -0.2) is 0 Å². The van der Waals surface area contributed by atoms with E-state index in [0.717, 1.165) is 13.1 Å². The predicted molar refractivity (Wildman–Crippen MR) is 90.9 cm³/mol. The number of nitrogens with two attached hydrogens (primary N) is 1. The van der Waals surface area contributed by atoms with Crippen molar-refractivity contribution < 1.29 is 9.59 Å². The molecule has 1 fully saturated rings. The normalized spacial score (nSPS) is 16.5. The second-order valence-corrected chi connectivity index (χ2v) is 6.15. The number of halogens is 1. The van der Waals surface area contributed by atoms with E-state index in [4.69, 9.17) is 17.3 Å². The summed E-state index contributed by atoms with van der Waals surface area (Å²) in [6, 6.07) is 6.44. The highest BCUT2D eigenvalue weighted by Crippen LogP contribution is 2.29. The van der Waals surface area contributed by atoms with Crippen LogP contribution in [-0.2, 0) is 10.3 Å². The lowest BCUT2D eigenvalue weighted by Crippen LogP contribution is -2.52. The van der Waals surface area contributed by atoms with Gasteiger partial charge in [-0.2, -0.15) is 5.10 Å². The number of aromatic nitrogens is 2. The van der Waals surface area contributed by atoms with Gasteiger partial charge in [-0.3, -0.25) is 14.3 Å². The summed E-state index contributed by atoms with van der Waals surface area (Å²) >= 11 is 6.05. The van der Waals surface area contributed by atoms with Gasteiger partial charge in [0.05, 0.1) is 10.6 Å². The zero-order valence-corrected chi connectivity index (χ0v) is 13.7. The Morgan fingerprint density at radius 1 is 1.33 bits per heavy atom. The number of primary amides is 1. The van der Waals surface area contributed by atoms with Crippen LogP contribution in [0.1, 0.15) is 23.2 Å². The Kier molecular flexibility index (Phi) is 4.55. The molecule has 0 saturated carbocycles. The summed E-state index contributed by atoms with van der Waals surface area (Å²) in [5, 5.41) is 10.6. The van der Waals surface area contributed by atoms with Crippen molar-refractivity contribution in [3.8, 4) is 0 Å². The number of piperidine rings is 1. The van der Waals surface area contributed by atoms with E-state index in [1.54, 1.807) is 29.2 Å². The summed E-state index contributed by atoms with van der Waals surface area (Å²) in [6.45, 7) is 1.46. The lowest BCUT2D eigenvalue weighted by atomic mass is 9.87. The fraction of sp³-hybridized carbons (Fsp3) is 0.312. The lowest BCUT2D eigenvalue weighted by Gasteiger charge is -2.36. The fourth-order valence-electron chi connectivity index (χ4n) is 2.96. The van der Waals surface area contributed by atoms with Crippen molar-refractivity contribution in [3.63, 3.8) is 0 Å². The molecule has 1 aliphatic rings. The molecule has 2 heterocycles. The Bertz CT molecular complexity index is 754. The summed E-state index contributed by atoms with van der Waals surface area (Å²) in [5.74, 6) is -0.764. The molecule has 1 aromatic heterocycles. The standard InChI is InChI=1S/C16H18ClN5O2/c17-13-10-11(2-3-12(13)14(18)23)21-15(24)16(4-7-19-8-5-16)22-9-1-6-20-22/h1-3,6,9-10,19H,4-5,7-8H2,(H2,18,23)(H,21,24). The topological polar surface area (TPSA) is 102 Å². The van der Waals surface area contributed by atoms with Gasteiger partial charge in [-0.1, -0.05) is 11.6 Å². The van der Waals surface area contributed by atoms with E-state index in [9.17, 15) is 9.59 Å². The fourth-order valence-corrected chi connectivity index (χ4v) is 3.24. The van der Waals surface area contributed by atoms with Gasteiger partial charge in [0.2, 0.25) is 5.91 Å². The van der Waals surface area contributed by atoms with Gasteiger partial charge in [0.15, 0.2) is 0 Å². The Morgan fingerprint density at radius 2 is 2.08 bits per heavy atom.